The average molecular weight is 284 g/mol. The van der Waals surface area contributed by atoms with Crippen LogP contribution in [0.2, 0.25) is 0 Å². The minimum Gasteiger partial charge on any atom is -0.317 e. The van der Waals surface area contributed by atoms with Gasteiger partial charge in [-0.25, -0.2) is 9.97 Å². The maximum Gasteiger partial charge on any atom is 0.161 e. The zero-order chi connectivity index (χ0) is 15.2. The summed E-state index contributed by atoms with van der Waals surface area (Å²) >= 11 is 0. The maximum atomic E-state index is 4.69. The van der Waals surface area contributed by atoms with Crippen LogP contribution in [0, 0.1) is 20.8 Å². The SMILES string of the molecule is CCNCCCc1c(C)nc(-c2cnccc2C)nc1C. The largest absolute Gasteiger partial charge is 0.317 e. The quantitative estimate of drug-likeness (QED) is 0.828. The molecule has 4 nitrogen and oxygen atoms in total. The van der Waals surface area contributed by atoms with Crippen molar-refractivity contribution >= 4 is 0 Å². The van der Waals surface area contributed by atoms with Crippen LogP contribution in [0.15, 0.2) is 18.5 Å². The molecule has 0 amide bonds. The Labute approximate surface area is 127 Å². The molecule has 2 aromatic rings. The summed E-state index contributed by atoms with van der Waals surface area (Å²) in [7, 11) is 0. The smallest absolute Gasteiger partial charge is 0.161 e. The first-order valence-electron chi connectivity index (χ1n) is 7.59. The predicted octanol–water partition coefficient (Wildman–Crippen LogP) is 3.01. The first-order chi connectivity index (χ1) is 10.1. The molecule has 0 aliphatic rings. The Hall–Kier alpha value is -1.81. The maximum absolute atomic E-state index is 4.69. The van der Waals surface area contributed by atoms with Gasteiger partial charge in [0.1, 0.15) is 0 Å². The van der Waals surface area contributed by atoms with E-state index < -0.39 is 0 Å². The Balaban J connectivity index is 2.23. The molecule has 0 saturated heterocycles. The summed E-state index contributed by atoms with van der Waals surface area (Å²) in [6.45, 7) is 10.4. The molecule has 2 aromatic heterocycles. The third-order valence-electron chi connectivity index (χ3n) is 3.73. The lowest BCUT2D eigenvalue weighted by atomic mass is 10.1. The zero-order valence-corrected chi connectivity index (χ0v) is 13.4. The van der Waals surface area contributed by atoms with E-state index in [0.29, 0.717) is 0 Å². The Morgan fingerprint density at radius 3 is 2.43 bits per heavy atom. The van der Waals surface area contributed by atoms with Crippen molar-refractivity contribution in [2.24, 2.45) is 0 Å². The molecule has 0 unspecified atom stereocenters. The van der Waals surface area contributed by atoms with Crippen LogP contribution in [0.3, 0.4) is 0 Å². The van der Waals surface area contributed by atoms with E-state index in [9.17, 15) is 0 Å². The molecule has 0 atom stereocenters. The first kappa shape index (κ1) is 15.6. The van der Waals surface area contributed by atoms with Gasteiger partial charge < -0.3 is 5.32 Å². The molecule has 4 heteroatoms. The lowest BCUT2D eigenvalue weighted by Crippen LogP contribution is -2.15. The molecule has 0 spiro atoms. The van der Waals surface area contributed by atoms with Crippen molar-refractivity contribution in [3.8, 4) is 11.4 Å². The summed E-state index contributed by atoms with van der Waals surface area (Å²) in [4.78, 5) is 13.6. The van der Waals surface area contributed by atoms with Crippen molar-refractivity contribution in [2.45, 2.75) is 40.5 Å². The number of hydrogen-bond acceptors (Lipinski definition) is 4. The summed E-state index contributed by atoms with van der Waals surface area (Å²) in [5.41, 5.74) is 5.61. The van der Waals surface area contributed by atoms with Gasteiger partial charge in [0.05, 0.1) is 0 Å². The molecule has 0 bridgehead atoms. The predicted molar refractivity (Wildman–Crippen MR) is 86.3 cm³/mol. The Morgan fingerprint density at radius 2 is 1.81 bits per heavy atom. The van der Waals surface area contributed by atoms with Crippen LogP contribution in [0.1, 0.15) is 35.9 Å². The van der Waals surface area contributed by atoms with Gasteiger partial charge in [-0.3, -0.25) is 4.98 Å². The number of pyridine rings is 1. The molecule has 21 heavy (non-hydrogen) atoms. The summed E-state index contributed by atoms with van der Waals surface area (Å²) in [5, 5.41) is 3.35. The molecule has 1 N–H and O–H groups in total. The number of nitrogens with zero attached hydrogens (tertiary/aromatic N) is 3. The van der Waals surface area contributed by atoms with Gasteiger partial charge >= 0.3 is 0 Å². The van der Waals surface area contributed by atoms with Crippen LogP contribution in [0.25, 0.3) is 11.4 Å². The molecule has 2 rings (SSSR count). The van der Waals surface area contributed by atoms with Crippen molar-refractivity contribution < 1.29 is 0 Å². The molecule has 0 aromatic carbocycles. The molecule has 2 heterocycles. The summed E-state index contributed by atoms with van der Waals surface area (Å²) in [5.74, 6) is 0.783. The Kier molecular flexibility index (Phi) is 5.39. The van der Waals surface area contributed by atoms with E-state index in [0.717, 1.165) is 54.3 Å². The fraction of sp³-hybridized carbons (Fsp3) is 0.471. The van der Waals surface area contributed by atoms with Crippen molar-refractivity contribution in [3.63, 3.8) is 0 Å². The fourth-order valence-electron chi connectivity index (χ4n) is 2.49. The molecule has 0 fully saturated rings. The normalized spacial score (nSPS) is 10.9. The van der Waals surface area contributed by atoms with Gasteiger partial charge in [0, 0.05) is 29.3 Å². The van der Waals surface area contributed by atoms with Crippen LogP contribution in [0.5, 0.6) is 0 Å². The molecule has 112 valence electrons. The molecule has 0 aliphatic carbocycles. The van der Waals surface area contributed by atoms with Gasteiger partial charge in [-0.2, -0.15) is 0 Å². The van der Waals surface area contributed by atoms with Crippen molar-refractivity contribution in [3.05, 3.63) is 41.0 Å². The molecule has 0 aliphatic heterocycles. The highest BCUT2D eigenvalue weighted by Crippen LogP contribution is 2.21. The third-order valence-corrected chi connectivity index (χ3v) is 3.73. The monoisotopic (exact) mass is 284 g/mol. The third kappa shape index (κ3) is 3.85. The van der Waals surface area contributed by atoms with Crippen LogP contribution >= 0.6 is 0 Å². The van der Waals surface area contributed by atoms with Gasteiger partial charge in [0.15, 0.2) is 5.82 Å². The summed E-state index contributed by atoms with van der Waals surface area (Å²) in [6.07, 6.45) is 5.78. The number of aromatic nitrogens is 3. The molecule has 0 radical (unpaired) electrons. The first-order valence-corrected chi connectivity index (χ1v) is 7.59. The van der Waals surface area contributed by atoms with Gasteiger partial charge in [0.25, 0.3) is 0 Å². The molecule has 0 saturated carbocycles. The lowest BCUT2D eigenvalue weighted by molar-refractivity contribution is 0.667. The van der Waals surface area contributed by atoms with Crippen LogP contribution in [-0.2, 0) is 6.42 Å². The second kappa shape index (κ2) is 7.27. The number of rotatable bonds is 6. The highest BCUT2D eigenvalue weighted by Gasteiger charge is 2.11. The van der Waals surface area contributed by atoms with Crippen molar-refractivity contribution in [1.82, 2.24) is 20.3 Å². The van der Waals surface area contributed by atoms with Gasteiger partial charge in [-0.05, 0) is 63.9 Å². The van der Waals surface area contributed by atoms with Gasteiger partial charge in [0.2, 0.25) is 0 Å². The van der Waals surface area contributed by atoms with Crippen LogP contribution in [0.4, 0.5) is 0 Å². The van der Waals surface area contributed by atoms with Crippen LogP contribution in [-0.4, -0.2) is 28.0 Å². The van der Waals surface area contributed by atoms with E-state index in [1.54, 1.807) is 6.20 Å². The second-order valence-electron chi connectivity index (χ2n) is 5.34. The lowest BCUT2D eigenvalue weighted by Gasteiger charge is -2.12. The summed E-state index contributed by atoms with van der Waals surface area (Å²) in [6, 6.07) is 1.99. The van der Waals surface area contributed by atoms with Gasteiger partial charge in [-0.1, -0.05) is 6.92 Å². The summed E-state index contributed by atoms with van der Waals surface area (Å²) < 4.78 is 0. The highest BCUT2D eigenvalue weighted by molar-refractivity contribution is 5.58. The minimum absolute atomic E-state index is 0.783. The van der Waals surface area contributed by atoms with Gasteiger partial charge in [-0.15, -0.1) is 0 Å². The van der Waals surface area contributed by atoms with E-state index in [-0.39, 0.29) is 0 Å². The van der Waals surface area contributed by atoms with E-state index in [2.05, 4.69) is 38.0 Å². The number of aryl methyl sites for hydroxylation is 3. The fourth-order valence-corrected chi connectivity index (χ4v) is 2.49. The van der Waals surface area contributed by atoms with Crippen LogP contribution < -0.4 is 5.32 Å². The minimum atomic E-state index is 0.783. The second-order valence-corrected chi connectivity index (χ2v) is 5.34. The average Bonchev–Trinajstić information content (AvgIpc) is 2.46. The van der Waals surface area contributed by atoms with E-state index in [1.807, 2.05) is 12.3 Å². The van der Waals surface area contributed by atoms with E-state index in [4.69, 9.17) is 9.97 Å². The Morgan fingerprint density at radius 1 is 1.10 bits per heavy atom. The van der Waals surface area contributed by atoms with E-state index >= 15 is 0 Å². The van der Waals surface area contributed by atoms with Crippen molar-refractivity contribution in [1.29, 1.82) is 0 Å². The zero-order valence-electron chi connectivity index (χ0n) is 13.4. The molecular weight excluding hydrogens is 260 g/mol. The Bertz CT molecular complexity index is 584. The highest BCUT2D eigenvalue weighted by atomic mass is 14.9. The molecular formula is C17H24N4. The topological polar surface area (TPSA) is 50.7 Å². The van der Waals surface area contributed by atoms with Crippen molar-refractivity contribution in [2.75, 3.05) is 13.1 Å². The standard InChI is InChI=1S/C17H24N4/c1-5-18-9-6-7-15-13(3)20-17(21-14(15)4)16-11-19-10-8-12(16)2/h8,10-11,18H,5-7,9H2,1-4H3. The van der Waals surface area contributed by atoms with E-state index in [1.165, 1.54) is 5.56 Å². The number of nitrogens with one attached hydrogen (secondary N) is 1. The number of hydrogen-bond donors (Lipinski definition) is 1.